The van der Waals surface area contributed by atoms with E-state index < -0.39 is 12.1 Å². The summed E-state index contributed by atoms with van der Waals surface area (Å²) in [6.07, 6.45) is 3.03. The van der Waals surface area contributed by atoms with Crippen molar-refractivity contribution < 1.29 is 9.59 Å². The van der Waals surface area contributed by atoms with Crippen molar-refractivity contribution in [3.05, 3.63) is 77.9 Å². The molecule has 0 aliphatic carbocycles. The van der Waals surface area contributed by atoms with E-state index in [1.807, 2.05) is 48.5 Å². The van der Waals surface area contributed by atoms with Crippen LogP contribution in [0.25, 0.3) is 5.57 Å². The minimum Gasteiger partial charge on any atom is -0.341 e. The van der Waals surface area contributed by atoms with Crippen molar-refractivity contribution in [3.8, 4) is 0 Å². The summed E-state index contributed by atoms with van der Waals surface area (Å²) < 4.78 is 0. The topological polar surface area (TPSA) is 61.4 Å². The summed E-state index contributed by atoms with van der Waals surface area (Å²) >= 11 is 0. The van der Waals surface area contributed by atoms with Crippen LogP contribution in [0.15, 0.2) is 66.7 Å². The van der Waals surface area contributed by atoms with Crippen LogP contribution in [0.1, 0.15) is 23.6 Å². The van der Waals surface area contributed by atoms with E-state index in [9.17, 15) is 9.59 Å². The van der Waals surface area contributed by atoms with Gasteiger partial charge in [0.25, 0.3) is 0 Å². The van der Waals surface area contributed by atoms with Gasteiger partial charge in [0.2, 0.25) is 5.91 Å². The standard InChI is InChI=1S/C21H23N3O2/c1-22-21(26)23-20(25)19(18-10-6-3-7-11-18)24-14-12-17(13-15-24)16-8-4-2-5-9-16/h2-12,19H,13-15H2,1H3,(H2,22,23,25,26). The molecule has 134 valence electrons. The second kappa shape index (κ2) is 8.45. The number of hydrogen-bond acceptors (Lipinski definition) is 3. The number of hydrogen-bond donors (Lipinski definition) is 2. The molecule has 0 bridgehead atoms. The van der Waals surface area contributed by atoms with E-state index in [0.717, 1.165) is 18.5 Å². The summed E-state index contributed by atoms with van der Waals surface area (Å²) in [4.78, 5) is 26.4. The van der Waals surface area contributed by atoms with E-state index in [1.54, 1.807) is 0 Å². The van der Waals surface area contributed by atoms with Crippen LogP contribution in [-0.4, -0.2) is 37.0 Å². The average molecular weight is 349 g/mol. The van der Waals surface area contributed by atoms with E-state index >= 15 is 0 Å². The third-order valence-corrected chi connectivity index (χ3v) is 4.58. The van der Waals surface area contributed by atoms with Crippen LogP contribution in [-0.2, 0) is 4.79 Å². The number of benzene rings is 2. The Morgan fingerprint density at radius 1 is 1.00 bits per heavy atom. The molecule has 0 saturated heterocycles. The lowest BCUT2D eigenvalue weighted by molar-refractivity contribution is -0.125. The molecule has 0 radical (unpaired) electrons. The SMILES string of the molecule is CNC(=O)NC(=O)C(c1ccccc1)N1CC=C(c2ccccc2)CC1. The molecule has 3 rings (SSSR count). The highest BCUT2D eigenvalue weighted by atomic mass is 16.2. The normalized spacial score (nSPS) is 15.7. The fourth-order valence-corrected chi connectivity index (χ4v) is 3.24. The molecule has 0 spiro atoms. The van der Waals surface area contributed by atoms with Crippen molar-refractivity contribution in [1.29, 1.82) is 0 Å². The van der Waals surface area contributed by atoms with E-state index in [-0.39, 0.29) is 5.91 Å². The summed E-state index contributed by atoms with van der Waals surface area (Å²) in [5, 5.41) is 4.85. The van der Waals surface area contributed by atoms with Gasteiger partial charge in [-0.3, -0.25) is 15.0 Å². The first-order valence-corrected chi connectivity index (χ1v) is 8.75. The predicted molar refractivity (Wildman–Crippen MR) is 102 cm³/mol. The number of carbonyl (C=O) groups excluding carboxylic acids is 2. The molecule has 1 aliphatic rings. The molecule has 5 nitrogen and oxygen atoms in total. The summed E-state index contributed by atoms with van der Waals surface area (Å²) in [6, 6.07) is 18.9. The maximum Gasteiger partial charge on any atom is 0.321 e. The molecule has 1 aliphatic heterocycles. The number of amides is 3. The van der Waals surface area contributed by atoms with Gasteiger partial charge in [-0.2, -0.15) is 0 Å². The van der Waals surface area contributed by atoms with Crippen molar-refractivity contribution in [2.75, 3.05) is 20.1 Å². The van der Waals surface area contributed by atoms with Crippen LogP contribution in [0, 0.1) is 0 Å². The second-order valence-electron chi connectivity index (χ2n) is 6.22. The number of nitrogens with zero attached hydrogens (tertiary/aromatic N) is 1. The lowest BCUT2D eigenvalue weighted by Crippen LogP contribution is -2.46. The first-order chi connectivity index (χ1) is 12.7. The Labute approximate surface area is 153 Å². The van der Waals surface area contributed by atoms with Gasteiger partial charge in [0.05, 0.1) is 0 Å². The van der Waals surface area contributed by atoms with E-state index in [1.165, 1.54) is 18.2 Å². The predicted octanol–water partition coefficient (Wildman–Crippen LogP) is 2.97. The van der Waals surface area contributed by atoms with Crippen LogP contribution in [0.3, 0.4) is 0 Å². The van der Waals surface area contributed by atoms with Crippen LogP contribution < -0.4 is 10.6 Å². The Morgan fingerprint density at radius 2 is 1.65 bits per heavy atom. The molecule has 26 heavy (non-hydrogen) atoms. The van der Waals surface area contributed by atoms with Crippen molar-refractivity contribution in [1.82, 2.24) is 15.5 Å². The third kappa shape index (κ3) is 4.18. The molecule has 2 aromatic carbocycles. The van der Waals surface area contributed by atoms with E-state index in [0.29, 0.717) is 6.54 Å². The second-order valence-corrected chi connectivity index (χ2v) is 6.22. The van der Waals surface area contributed by atoms with Crippen LogP contribution in [0.4, 0.5) is 4.79 Å². The maximum absolute atomic E-state index is 12.7. The summed E-state index contributed by atoms with van der Waals surface area (Å²) in [5.41, 5.74) is 3.39. The Morgan fingerprint density at radius 3 is 2.23 bits per heavy atom. The number of nitrogens with one attached hydrogen (secondary N) is 2. The highest BCUT2D eigenvalue weighted by Gasteiger charge is 2.29. The minimum absolute atomic E-state index is 0.313. The molecule has 2 aromatic rings. The number of carbonyl (C=O) groups is 2. The maximum atomic E-state index is 12.7. The molecule has 5 heteroatoms. The summed E-state index contributed by atoms with van der Waals surface area (Å²) in [7, 11) is 1.50. The number of urea groups is 1. The van der Waals surface area contributed by atoms with Crippen LogP contribution in [0.5, 0.6) is 0 Å². The van der Waals surface area contributed by atoms with Gasteiger partial charge in [-0.25, -0.2) is 4.79 Å². The fourth-order valence-electron chi connectivity index (χ4n) is 3.24. The van der Waals surface area contributed by atoms with Gasteiger partial charge >= 0.3 is 6.03 Å². The zero-order valence-electron chi connectivity index (χ0n) is 14.8. The van der Waals surface area contributed by atoms with Gasteiger partial charge in [-0.15, -0.1) is 0 Å². The minimum atomic E-state index is -0.498. The van der Waals surface area contributed by atoms with Gasteiger partial charge in [0.1, 0.15) is 6.04 Å². The average Bonchev–Trinajstić information content (AvgIpc) is 2.70. The van der Waals surface area contributed by atoms with Crippen molar-refractivity contribution in [2.45, 2.75) is 12.5 Å². The molecule has 3 amide bonds. The molecular weight excluding hydrogens is 326 g/mol. The first-order valence-electron chi connectivity index (χ1n) is 8.75. The van der Waals surface area contributed by atoms with Crippen molar-refractivity contribution >= 4 is 17.5 Å². The lowest BCUT2D eigenvalue weighted by atomic mass is 9.96. The zero-order valence-corrected chi connectivity index (χ0v) is 14.8. The van der Waals surface area contributed by atoms with Gasteiger partial charge in [0.15, 0.2) is 0 Å². The highest BCUT2D eigenvalue weighted by Crippen LogP contribution is 2.28. The summed E-state index contributed by atoms with van der Waals surface area (Å²) in [6.45, 7) is 1.41. The van der Waals surface area contributed by atoms with Gasteiger partial charge in [-0.1, -0.05) is 66.7 Å². The number of rotatable bonds is 4. The summed E-state index contributed by atoms with van der Waals surface area (Å²) in [5.74, 6) is -0.313. The van der Waals surface area contributed by atoms with Gasteiger partial charge in [0, 0.05) is 20.1 Å². The van der Waals surface area contributed by atoms with Crippen molar-refractivity contribution in [2.24, 2.45) is 0 Å². The monoisotopic (exact) mass is 349 g/mol. The molecule has 0 aromatic heterocycles. The first kappa shape index (κ1) is 17.9. The molecule has 1 unspecified atom stereocenters. The molecular formula is C21H23N3O2. The third-order valence-electron chi connectivity index (χ3n) is 4.58. The van der Waals surface area contributed by atoms with Crippen molar-refractivity contribution in [3.63, 3.8) is 0 Å². The van der Waals surface area contributed by atoms with Crippen LogP contribution >= 0.6 is 0 Å². The van der Waals surface area contributed by atoms with Crippen LogP contribution in [0.2, 0.25) is 0 Å². The Kier molecular flexibility index (Phi) is 5.81. The fraction of sp³-hybridized carbons (Fsp3) is 0.238. The van der Waals surface area contributed by atoms with E-state index in [4.69, 9.17) is 0 Å². The molecule has 0 fully saturated rings. The lowest BCUT2D eigenvalue weighted by Gasteiger charge is -2.33. The highest BCUT2D eigenvalue weighted by molar-refractivity contribution is 5.97. The Hall–Kier alpha value is -2.92. The molecule has 1 atom stereocenters. The largest absolute Gasteiger partial charge is 0.341 e. The van der Waals surface area contributed by atoms with Gasteiger partial charge < -0.3 is 5.32 Å². The molecule has 1 heterocycles. The van der Waals surface area contributed by atoms with Gasteiger partial charge in [-0.05, 0) is 23.1 Å². The van der Waals surface area contributed by atoms with E-state index in [2.05, 4.69) is 33.7 Å². The number of imide groups is 1. The smallest absolute Gasteiger partial charge is 0.321 e. The molecule has 0 saturated carbocycles. The zero-order chi connectivity index (χ0) is 18.4. The quantitative estimate of drug-likeness (QED) is 0.892. The Bertz CT molecular complexity index is 787. The Balaban J connectivity index is 1.81. The molecule has 2 N–H and O–H groups in total.